The summed E-state index contributed by atoms with van der Waals surface area (Å²) >= 11 is 6.02. The van der Waals surface area contributed by atoms with Gasteiger partial charge in [0.15, 0.2) is 5.76 Å². The molecule has 0 saturated carbocycles. The molecule has 0 aliphatic carbocycles. The molecular formula is C24H23ClF2N2O3. The molecule has 3 aromatic rings. The highest BCUT2D eigenvalue weighted by Gasteiger charge is 2.26. The van der Waals surface area contributed by atoms with Crippen molar-refractivity contribution < 1.29 is 22.7 Å². The van der Waals surface area contributed by atoms with Crippen LogP contribution in [0, 0.1) is 11.6 Å². The molecule has 4 rings (SSSR count). The van der Waals surface area contributed by atoms with Crippen molar-refractivity contribution >= 4 is 17.5 Å². The summed E-state index contributed by atoms with van der Waals surface area (Å²) in [6, 6.07) is 14.3. The van der Waals surface area contributed by atoms with Crippen LogP contribution in [0.4, 0.5) is 8.78 Å². The number of carbonyl (C=O) groups is 1. The average molecular weight is 461 g/mol. The van der Waals surface area contributed by atoms with Crippen molar-refractivity contribution in [2.45, 2.75) is 12.7 Å². The molecule has 1 atom stereocenters. The summed E-state index contributed by atoms with van der Waals surface area (Å²) in [4.78, 5) is 16.4. The smallest absolute Gasteiger partial charge is 0.289 e. The minimum atomic E-state index is -0.634. The van der Waals surface area contributed by atoms with Gasteiger partial charge in [0, 0.05) is 43.3 Å². The Morgan fingerprint density at radius 1 is 1.00 bits per heavy atom. The fourth-order valence-corrected chi connectivity index (χ4v) is 3.84. The lowest BCUT2D eigenvalue weighted by atomic mass is 10.1. The van der Waals surface area contributed by atoms with E-state index < -0.39 is 17.7 Å². The number of rotatable bonds is 7. The van der Waals surface area contributed by atoms with Gasteiger partial charge in [-0.05, 0) is 42.0 Å². The number of nitrogens with zero attached hydrogens (tertiary/aromatic N) is 2. The third-order valence-corrected chi connectivity index (χ3v) is 5.80. The Balaban J connectivity index is 1.41. The van der Waals surface area contributed by atoms with Crippen LogP contribution in [-0.4, -0.2) is 48.4 Å². The van der Waals surface area contributed by atoms with Crippen LogP contribution in [0.25, 0.3) is 0 Å². The number of piperazine rings is 1. The molecule has 0 bridgehead atoms. The highest BCUT2D eigenvalue weighted by molar-refractivity contribution is 6.30. The van der Waals surface area contributed by atoms with Crippen molar-refractivity contribution in [3.05, 3.63) is 94.4 Å². The number of hydrogen-bond donors (Lipinski definition) is 0. The summed E-state index contributed by atoms with van der Waals surface area (Å²) in [5.41, 5.74) is 0.764. The van der Waals surface area contributed by atoms with Crippen molar-refractivity contribution in [3.8, 4) is 0 Å². The lowest BCUT2D eigenvalue weighted by Gasteiger charge is -2.36. The number of halogens is 3. The van der Waals surface area contributed by atoms with E-state index in [0.717, 1.165) is 5.56 Å². The Morgan fingerprint density at radius 2 is 1.69 bits per heavy atom. The zero-order valence-corrected chi connectivity index (χ0v) is 18.1. The minimum Gasteiger partial charge on any atom is -0.459 e. The maximum Gasteiger partial charge on any atom is 0.289 e. The lowest BCUT2D eigenvalue weighted by Crippen LogP contribution is -2.49. The molecule has 0 radical (unpaired) electrons. The Labute approximate surface area is 190 Å². The number of hydrogen-bond acceptors (Lipinski definition) is 4. The van der Waals surface area contributed by atoms with Crippen LogP contribution in [-0.2, 0) is 11.3 Å². The molecule has 1 saturated heterocycles. The largest absolute Gasteiger partial charge is 0.459 e. The van der Waals surface area contributed by atoms with E-state index in [-0.39, 0.29) is 18.1 Å². The standard InChI is InChI=1S/C24H23ClF2N2O3/c25-18-8-6-17(7-9-18)23(32-16-19-20(26)3-1-4-21(19)27)15-28-10-12-29(13-11-28)24(30)22-5-2-14-31-22/h1-9,14,23H,10-13,15-16H2. The summed E-state index contributed by atoms with van der Waals surface area (Å²) < 4.78 is 39.3. The third-order valence-electron chi connectivity index (χ3n) is 5.55. The molecule has 1 unspecified atom stereocenters. The summed E-state index contributed by atoms with van der Waals surface area (Å²) in [5, 5.41) is 0.595. The second-order valence-electron chi connectivity index (χ2n) is 7.62. The van der Waals surface area contributed by atoms with Gasteiger partial charge in [-0.3, -0.25) is 9.69 Å². The van der Waals surface area contributed by atoms with Crippen LogP contribution in [0.5, 0.6) is 0 Å². The Hall–Kier alpha value is -2.74. The van der Waals surface area contributed by atoms with E-state index in [2.05, 4.69) is 4.90 Å². The zero-order valence-electron chi connectivity index (χ0n) is 17.3. The number of furan rings is 1. The first-order chi connectivity index (χ1) is 15.5. The molecule has 1 amide bonds. The third kappa shape index (κ3) is 5.35. The summed E-state index contributed by atoms with van der Waals surface area (Å²) in [5.74, 6) is -1.07. The molecule has 0 N–H and O–H groups in total. The predicted octanol–water partition coefficient (Wildman–Crippen LogP) is 4.93. The average Bonchev–Trinajstić information content (AvgIpc) is 3.33. The first-order valence-electron chi connectivity index (χ1n) is 10.4. The van der Waals surface area contributed by atoms with Gasteiger partial charge < -0.3 is 14.1 Å². The van der Waals surface area contributed by atoms with E-state index >= 15 is 0 Å². The fraction of sp³-hybridized carbons (Fsp3) is 0.292. The van der Waals surface area contributed by atoms with E-state index in [1.54, 1.807) is 29.2 Å². The zero-order chi connectivity index (χ0) is 22.5. The van der Waals surface area contributed by atoms with Crippen molar-refractivity contribution in [1.82, 2.24) is 9.80 Å². The minimum absolute atomic E-state index is 0.0969. The van der Waals surface area contributed by atoms with Gasteiger partial charge in [0.25, 0.3) is 5.91 Å². The van der Waals surface area contributed by atoms with Gasteiger partial charge in [-0.15, -0.1) is 0 Å². The topological polar surface area (TPSA) is 45.9 Å². The monoisotopic (exact) mass is 460 g/mol. The van der Waals surface area contributed by atoms with Crippen LogP contribution in [0.1, 0.15) is 27.8 Å². The van der Waals surface area contributed by atoms with E-state index in [1.165, 1.54) is 24.5 Å². The molecule has 2 aromatic carbocycles. The van der Waals surface area contributed by atoms with E-state index in [0.29, 0.717) is 43.5 Å². The Bertz CT molecular complexity index is 1020. The second kappa shape index (κ2) is 10.3. The molecule has 8 heteroatoms. The first kappa shape index (κ1) is 22.5. The molecule has 32 heavy (non-hydrogen) atoms. The number of carbonyl (C=O) groups excluding carboxylic acids is 1. The van der Waals surface area contributed by atoms with Gasteiger partial charge in [0.2, 0.25) is 0 Å². The molecule has 168 valence electrons. The van der Waals surface area contributed by atoms with E-state index in [1.807, 2.05) is 12.1 Å². The molecule has 1 aliphatic heterocycles. The van der Waals surface area contributed by atoms with Crippen molar-refractivity contribution in [3.63, 3.8) is 0 Å². The van der Waals surface area contributed by atoms with Gasteiger partial charge >= 0.3 is 0 Å². The first-order valence-corrected chi connectivity index (χ1v) is 10.7. The summed E-state index contributed by atoms with van der Waals surface area (Å²) in [6.45, 7) is 2.72. The lowest BCUT2D eigenvalue weighted by molar-refractivity contribution is 0.00115. The highest BCUT2D eigenvalue weighted by atomic mass is 35.5. The van der Waals surface area contributed by atoms with Crippen molar-refractivity contribution in [2.75, 3.05) is 32.7 Å². The molecule has 2 heterocycles. The molecular weight excluding hydrogens is 438 g/mol. The molecule has 1 aromatic heterocycles. The Morgan fingerprint density at radius 3 is 2.31 bits per heavy atom. The second-order valence-corrected chi connectivity index (χ2v) is 8.06. The quantitative estimate of drug-likeness (QED) is 0.501. The van der Waals surface area contributed by atoms with Gasteiger partial charge in [0.1, 0.15) is 11.6 Å². The highest BCUT2D eigenvalue weighted by Crippen LogP contribution is 2.25. The SMILES string of the molecule is O=C(c1ccco1)N1CCN(CC(OCc2c(F)cccc2F)c2ccc(Cl)cc2)CC1. The Kier molecular flexibility index (Phi) is 7.19. The normalized spacial score (nSPS) is 15.7. The predicted molar refractivity (Wildman–Crippen MR) is 116 cm³/mol. The van der Waals surface area contributed by atoms with Gasteiger partial charge in [-0.1, -0.05) is 29.8 Å². The number of ether oxygens (including phenoxy) is 1. The molecule has 5 nitrogen and oxygen atoms in total. The maximum atomic E-state index is 14.1. The van der Waals surface area contributed by atoms with Crippen LogP contribution < -0.4 is 0 Å². The number of benzene rings is 2. The van der Waals surface area contributed by atoms with Crippen LogP contribution in [0.2, 0.25) is 5.02 Å². The molecule has 1 aliphatic rings. The summed E-state index contributed by atoms with van der Waals surface area (Å²) in [6.07, 6.45) is 1.06. The number of amides is 1. The van der Waals surface area contributed by atoms with Gasteiger partial charge in [0.05, 0.1) is 19.0 Å². The van der Waals surface area contributed by atoms with Crippen LogP contribution >= 0.6 is 11.6 Å². The maximum absolute atomic E-state index is 14.1. The van der Waals surface area contributed by atoms with E-state index in [4.69, 9.17) is 20.8 Å². The molecule has 0 spiro atoms. The van der Waals surface area contributed by atoms with Crippen LogP contribution in [0.3, 0.4) is 0 Å². The van der Waals surface area contributed by atoms with Gasteiger partial charge in [-0.2, -0.15) is 0 Å². The molecule has 1 fully saturated rings. The fourth-order valence-electron chi connectivity index (χ4n) is 3.71. The van der Waals surface area contributed by atoms with Gasteiger partial charge in [-0.25, -0.2) is 8.78 Å². The van der Waals surface area contributed by atoms with Crippen molar-refractivity contribution in [2.24, 2.45) is 0 Å². The van der Waals surface area contributed by atoms with Crippen molar-refractivity contribution in [1.29, 1.82) is 0 Å². The van der Waals surface area contributed by atoms with E-state index in [9.17, 15) is 13.6 Å². The summed E-state index contributed by atoms with van der Waals surface area (Å²) in [7, 11) is 0. The van der Waals surface area contributed by atoms with Crippen LogP contribution in [0.15, 0.2) is 65.3 Å².